The molecular formula is C16H23N5O2. The van der Waals surface area contributed by atoms with Crippen molar-refractivity contribution >= 4 is 22.8 Å². The molecule has 0 fully saturated rings. The maximum absolute atomic E-state index is 12.4. The van der Waals surface area contributed by atoms with Crippen molar-refractivity contribution in [3.8, 4) is 0 Å². The maximum Gasteiger partial charge on any atom is 0.252 e. The summed E-state index contributed by atoms with van der Waals surface area (Å²) in [7, 11) is 0. The lowest BCUT2D eigenvalue weighted by molar-refractivity contribution is -0.118. The molecule has 2 amide bonds. The number of amides is 2. The number of carbonyl (C=O) groups excluding carboxylic acids is 2. The van der Waals surface area contributed by atoms with Crippen molar-refractivity contribution in [3.63, 3.8) is 0 Å². The molecule has 124 valence electrons. The Balaban J connectivity index is 2.24. The van der Waals surface area contributed by atoms with Gasteiger partial charge in [0.2, 0.25) is 5.91 Å². The van der Waals surface area contributed by atoms with Gasteiger partial charge in [0.05, 0.1) is 23.2 Å². The lowest BCUT2D eigenvalue weighted by Gasteiger charge is -2.11. The lowest BCUT2D eigenvalue weighted by atomic mass is 10.1. The Morgan fingerprint density at radius 1 is 1.30 bits per heavy atom. The van der Waals surface area contributed by atoms with Gasteiger partial charge in [0.1, 0.15) is 0 Å². The molecule has 7 nitrogen and oxygen atoms in total. The van der Waals surface area contributed by atoms with Gasteiger partial charge in [-0.3, -0.25) is 9.59 Å². The van der Waals surface area contributed by atoms with Gasteiger partial charge in [0, 0.05) is 25.7 Å². The van der Waals surface area contributed by atoms with E-state index < -0.39 is 0 Å². The Kier molecular flexibility index (Phi) is 5.31. The number of hydrogen-bond acceptors (Lipinski definition) is 4. The highest BCUT2D eigenvalue weighted by Crippen LogP contribution is 2.22. The average molecular weight is 317 g/mol. The predicted molar refractivity (Wildman–Crippen MR) is 88.3 cm³/mol. The molecule has 0 aliphatic heterocycles. The molecule has 23 heavy (non-hydrogen) atoms. The van der Waals surface area contributed by atoms with Crippen LogP contribution in [0.3, 0.4) is 0 Å². The summed E-state index contributed by atoms with van der Waals surface area (Å²) in [6, 6.07) is 1.98. The molecule has 0 aromatic carbocycles. The first-order chi connectivity index (χ1) is 10.9. The average Bonchev–Trinajstić information content (AvgIpc) is 2.93. The number of aromatic nitrogens is 3. The van der Waals surface area contributed by atoms with Gasteiger partial charge in [-0.15, -0.1) is 0 Å². The van der Waals surface area contributed by atoms with Crippen LogP contribution in [0.4, 0.5) is 0 Å². The van der Waals surface area contributed by atoms with E-state index in [-0.39, 0.29) is 17.9 Å². The van der Waals surface area contributed by atoms with Crippen LogP contribution in [0.5, 0.6) is 0 Å². The molecule has 2 N–H and O–H groups in total. The Morgan fingerprint density at radius 2 is 2.00 bits per heavy atom. The molecule has 0 bridgehead atoms. The summed E-state index contributed by atoms with van der Waals surface area (Å²) in [4.78, 5) is 27.8. The Bertz CT molecular complexity index is 723. The number of aryl methyl sites for hydroxylation is 1. The minimum Gasteiger partial charge on any atom is -0.355 e. The summed E-state index contributed by atoms with van der Waals surface area (Å²) in [5.74, 6) is -0.300. The number of fused-ring (bicyclic) bond motifs is 1. The number of nitrogens with one attached hydrogen (secondary N) is 2. The summed E-state index contributed by atoms with van der Waals surface area (Å²) in [6.07, 6.45) is 2.63. The molecule has 2 heterocycles. The zero-order chi connectivity index (χ0) is 17.0. The first-order valence-corrected chi connectivity index (χ1v) is 7.81. The highest BCUT2D eigenvalue weighted by Gasteiger charge is 2.17. The smallest absolute Gasteiger partial charge is 0.252 e. The van der Waals surface area contributed by atoms with Gasteiger partial charge in [0.15, 0.2) is 5.65 Å². The largest absolute Gasteiger partial charge is 0.355 e. The van der Waals surface area contributed by atoms with E-state index in [1.54, 1.807) is 12.3 Å². The fourth-order valence-electron chi connectivity index (χ4n) is 2.34. The third-order valence-corrected chi connectivity index (χ3v) is 3.73. The fraction of sp³-hybridized carbons (Fsp3) is 0.500. The van der Waals surface area contributed by atoms with E-state index in [0.29, 0.717) is 18.7 Å². The first kappa shape index (κ1) is 16.9. The molecule has 0 saturated heterocycles. The molecule has 0 unspecified atom stereocenters. The van der Waals surface area contributed by atoms with E-state index in [9.17, 15) is 9.59 Å². The van der Waals surface area contributed by atoms with Crippen LogP contribution in [0.15, 0.2) is 12.3 Å². The molecule has 0 aliphatic carbocycles. The van der Waals surface area contributed by atoms with Crippen LogP contribution >= 0.6 is 0 Å². The Hall–Kier alpha value is -2.44. The molecular weight excluding hydrogens is 294 g/mol. The molecule has 7 heteroatoms. The number of carbonyl (C=O) groups is 2. The minimum absolute atomic E-state index is 0.115. The second kappa shape index (κ2) is 7.21. The zero-order valence-corrected chi connectivity index (χ0v) is 14.0. The molecule has 0 spiro atoms. The molecule has 0 radical (unpaired) electrons. The van der Waals surface area contributed by atoms with E-state index in [4.69, 9.17) is 0 Å². The van der Waals surface area contributed by atoms with Gasteiger partial charge >= 0.3 is 0 Å². The van der Waals surface area contributed by atoms with E-state index in [1.807, 2.05) is 11.6 Å². The Labute approximate surface area is 135 Å². The number of pyridine rings is 1. The second-order valence-electron chi connectivity index (χ2n) is 5.63. The van der Waals surface area contributed by atoms with Crippen LogP contribution in [0.25, 0.3) is 11.0 Å². The monoisotopic (exact) mass is 317 g/mol. The topological polar surface area (TPSA) is 88.9 Å². The van der Waals surface area contributed by atoms with Gasteiger partial charge in [0.25, 0.3) is 5.91 Å². The van der Waals surface area contributed by atoms with E-state index in [0.717, 1.165) is 23.1 Å². The third-order valence-electron chi connectivity index (χ3n) is 3.73. The van der Waals surface area contributed by atoms with Crippen LogP contribution in [-0.4, -0.2) is 39.7 Å². The van der Waals surface area contributed by atoms with Crippen molar-refractivity contribution in [1.29, 1.82) is 0 Å². The summed E-state index contributed by atoms with van der Waals surface area (Å²) in [5.41, 5.74) is 2.06. The van der Waals surface area contributed by atoms with Crippen LogP contribution < -0.4 is 10.6 Å². The normalized spacial score (nSPS) is 12.2. The summed E-state index contributed by atoms with van der Waals surface area (Å²) < 4.78 is 1.86. The van der Waals surface area contributed by atoms with Crippen molar-refractivity contribution in [2.75, 3.05) is 13.1 Å². The van der Waals surface area contributed by atoms with Crippen molar-refractivity contribution in [2.45, 2.75) is 40.2 Å². The highest BCUT2D eigenvalue weighted by molar-refractivity contribution is 6.05. The van der Waals surface area contributed by atoms with Crippen LogP contribution in [-0.2, 0) is 4.79 Å². The molecule has 0 saturated carbocycles. The zero-order valence-electron chi connectivity index (χ0n) is 14.0. The van der Waals surface area contributed by atoms with Gasteiger partial charge < -0.3 is 10.6 Å². The molecule has 1 atom stereocenters. The van der Waals surface area contributed by atoms with Gasteiger partial charge in [-0.05, 0) is 26.3 Å². The SMILES string of the molecule is CC[C@@H](C)n1ncc2c(C(=O)NCCNC(C)=O)cc(C)nc21. The van der Waals surface area contributed by atoms with Crippen LogP contribution in [0.2, 0.25) is 0 Å². The summed E-state index contributed by atoms with van der Waals surface area (Å²) in [6.45, 7) is 8.25. The minimum atomic E-state index is -0.186. The van der Waals surface area contributed by atoms with Crippen molar-refractivity contribution < 1.29 is 9.59 Å². The molecule has 0 aliphatic rings. The summed E-state index contributed by atoms with van der Waals surface area (Å²) in [5, 5.41) is 10.6. The van der Waals surface area contributed by atoms with Crippen molar-refractivity contribution in [3.05, 3.63) is 23.5 Å². The van der Waals surface area contributed by atoms with Gasteiger partial charge in [-0.1, -0.05) is 6.92 Å². The van der Waals surface area contributed by atoms with Crippen molar-refractivity contribution in [2.24, 2.45) is 0 Å². The first-order valence-electron chi connectivity index (χ1n) is 7.81. The van der Waals surface area contributed by atoms with Gasteiger partial charge in [-0.25, -0.2) is 9.67 Å². The third kappa shape index (κ3) is 3.85. The second-order valence-corrected chi connectivity index (χ2v) is 5.63. The number of nitrogens with zero attached hydrogens (tertiary/aromatic N) is 3. The van der Waals surface area contributed by atoms with Crippen molar-refractivity contribution in [1.82, 2.24) is 25.4 Å². The molecule has 2 aromatic heterocycles. The van der Waals surface area contributed by atoms with Crippen LogP contribution in [0.1, 0.15) is 49.3 Å². The maximum atomic E-state index is 12.4. The lowest BCUT2D eigenvalue weighted by Crippen LogP contribution is -2.33. The number of rotatable bonds is 6. The fourth-order valence-corrected chi connectivity index (χ4v) is 2.34. The summed E-state index contributed by atoms with van der Waals surface area (Å²) >= 11 is 0. The molecule has 2 rings (SSSR count). The van der Waals surface area contributed by atoms with E-state index in [1.165, 1.54) is 6.92 Å². The quantitative estimate of drug-likeness (QED) is 0.792. The van der Waals surface area contributed by atoms with E-state index >= 15 is 0 Å². The Morgan fingerprint density at radius 3 is 2.65 bits per heavy atom. The predicted octanol–water partition coefficient (Wildman–Crippen LogP) is 1.58. The van der Waals surface area contributed by atoms with Crippen LogP contribution in [0, 0.1) is 6.92 Å². The highest BCUT2D eigenvalue weighted by atomic mass is 16.2. The van der Waals surface area contributed by atoms with Gasteiger partial charge in [-0.2, -0.15) is 5.10 Å². The standard InChI is InChI=1S/C16H23N5O2/c1-5-11(3)21-15-14(9-19-21)13(8-10(2)20-15)16(23)18-7-6-17-12(4)22/h8-9,11H,5-7H2,1-4H3,(H,17,22)(H,18,23)/t11-/m1/s1. The molecule has 2 aromatic rings. The van der Waals surface area contributed by atoms with E-state index in [2.05, 4.69) is 34.6 Å². The number of hydrogen-bond donors (Lipinski definition) is 2.